The maximum absolute atomic E-state index is 12.7. The van der Waals surface area contributed by atoms with Crippen LogP contribution in [0.5, 0.6) is 5.75 Å². The second kappa shape index (κ2) is 7.74. The molecular weight excluding hydrogens is 247 g/mol. The molecule has 1 aromatic rings. The van der Waals surface area contributed by atoms with Crippen LogP contribution >= 0.6 is 0 Å². The van der Waals surface area contributed by atoms with E-state index in [0.29, 0.717) is 12.3 Å². The first kappa shape index (κ1) is 15.4. The van der Waals surface area contributed by atoms with E-state index in [-0.39, 0.29) is 11.7 Å². The topological polar surface area (TPSA) is 41.6 Å². The summed E-state index contributed by atoms with van der Waals surface area (Å²) in [6, 6.07) is 5.62. The predicted molar refractivity (Wildman–Crippen MR) is 72.7 cm³/mol. The third-order valence-electron chi connectivity index (χ3n) is 2.58. The Labute approximate surface area is 113 Å². The Balaban J connectivity index is 2.30. The molecule has 0 bridgehead atoms. The summed E-state index contributed by atoms with van der Waals surface area (Å²) in [5, 5.41) is 2.80. The van der Waals surface area contributed by atoms with Gasteiger partial charge in [-0.25, -0.2) is 4.39 Å². The smallest absolute Gasteiger partial charge is 0.260 e. The highest BCUT2D eigenvalue weighted by atomic mass is 19.1. The number of benzene rings is 1. The van der Waals surface area contributed by atoms with Crippen molar-refractivity contribution in [3.63, 3.8) is 0 Å². The van der Waals surface area contributed by atoms with Gasteiger partial charge in [-0.1, -0.05) is 0 Å². The van der Waals surface area contributed by atoms with E-state index in [1.54, 1.807) is 6.92 Å². The van der Waals surface area contributed by atoms with Gasteiger partial charge >= 0.3 is 0 Å². The SMILES string of the molecule is C[C@@H](Oc1ccc(F)cc1)C(=O)NCCCN(C)C. The molecule has 0 unspecified atom stereocenters. The van der Waals surface area contributed by atoms with E-state index in [2.05, 4.69) is 10.2 Å². The highest BCUT2D eigenvalue weighted by Gasteiger charge is 2.13. The summed E-state index contributed by atoms with van der Waals surface area (Å²) in [4.78, 5) is 13.8. The van der Waals surface area contributed by atoms with Crippen LogP contribution in [-0.2, 0) is 4.79 Å². The Kier molecular flexibility index (Phi) is 6.29. The highest BCUT2D eigenvalue weighted by Crippen LogP contribution is 2.12. The largest absolute Gasteiger partial charge is 0.481 e. The normalized spacial score (nSPS) is 12.3. The molecule has 0 aromatic heterocycles. The summed E-state index contributed by atoms with van der Waals surface area (Å²) in [6.07, 6.45) is 0.298. The number of ether oxygens (including phenoxy) is 1. The maximum Gasteiger partial charge on any atom is 0.260 e. The molecular formula is C14H21FN2O2. The molecule has 0 aliphatic rings. The first-order valence-electron chi connectivity index (χ1n) is 6.33. The zero-order valence-corrected chi connectivity index (χ0v) is 11.6. The second-order valence-corrected chi connectivity index (χ2v) is 4.66. The van der Waals surface area contributed by atoms with Crippen molar-refractivity contribution >= 4 is 5.91 Å². The molecule has 5 heteroatoms. The summed E-state index contributed by atoms with van der Waals surface area (Å²) >= 11 is 0. The zero-order chi connectivity index (χ0) is 14.3. The molecule has 0 spiro atoms. The van der Waals surface area contributed by atoms with Crippen LogP contribution in [0.1, 0.15) is 13.3 Å². The van der Waals surface area contributed by atoms with Crippen molar-refractivity contribution in [2.75, 3.05) is 27.2 Å². The fourth-order valence-corrected chi connectivity index (χ4v) is 1.52. The quantitative estimate of drug-likeness (QED) is 0.765. The van der Waals surface area contributed by atoms with Gasteiger partial charge in [0.25, 0.3) is 5.91 Å². The minimum atomic E-state index is -0.593. The van der Waals surface area contributed by atoms with E-state index in [0.717, 1.165) is 13.0 Å². The van der Waals surface area contributed by atoms with Gasteiger partial charge in [0, 0.05) is 6.54 Å². The zero-order valence-electron chi connectivity index (χ0n) is 11.6. The van der Waals surface area contributed by atoms with Crippen molar-refractivity contribution in [3.05, 3.63) is 30.1 Å². The van der Waals surface area contributed by atoms with Crippen LogP contribution in [0.4, 0.5) is 4.39 Å². The van der Waals surface area contributed by atoms with E-state index >= 15 is 0 Å². The summed E-state index contributed by atoms with van der Waals surface area (Å²) in [6.45, 7) is 3.21. The number of nitrogens with zero attached hydrogens (tertiary/aromatic N) is 1. The molecule has 0 aliphatic carbocycles. The van der Waals surface area contributed by atoms with Crippen LogP contribution in [0.25, 0.3) is 0 Å². The highest BCUT2D eigenvalue weighted by molar-refractivity contribution is 5.80. The maximum atomic E-state index is 12.7. The van der Waals surface area contributed by atoms with Crippen molar-refractivity contribution in [2.45, 2.75) is 19.4 Å². The van der Waals surface area contributed by atoms with Crippen molar-refractivity contribution in [1.82, 2.24) is 10.2 Å². The van der Waals surface area contributed by atoms with Gasteiger partial charge in [-0.2, -0.15) is 0 Å². The lowest BCUT2D eigenvalue weighted by Crippen LogP contribution is -2.37. The predicted octanol–water partition coefficient (Wildman–Crippen LogP) is 1.66. The lowest BCUT2D eigenvalue weighted by molar-refractivity contribution is -0.127. The average Bonchev–Trinajstić information content (AvgIpc) is 2.36. The fraction of sp³-hybridized carbons (Fsp3) is 0.500. The molecule has 0 saturated carbocycles. The summed E-state index contributed by atoms with van der Waals surface area (Å²) < 4.78 is 18.1. The van der Waals surface area contributed by atoms with Crippen LogP contribution in [0.15, 0.2) is 24.3 Å². The number of carbonyl (C=O) groups excluding carboxylic acids is 1. The third-order valence-corrected chi connectivity index (χ3v) is 2.58. The summed E-state index contributed by atoms with van der Waals surface area (Å²) in [5.74, 6) is -0.00596. The molecule has 0 aliphatic heterocycles. The van der Waals surface area contributed by atoms with Crippen LogP contribution in [0, 0.1) is 5.82 Å². The average molecular weight is 268 g/mol. The monoisotopic (exact) mass is 268 g/mol. The Morgan fingerprint density at radius 2 is 2.00 bits per heavy atom. The molecule has 0 radical (unpaired) electrons. The van der Waals surface area contributed by atoms with Crippen LogP contribution < -0.4 is 10.1 Å². The molecule has 4 nitrogen and oxygen atoms in total. The standard InChI is InChI=1S/C14H21FN2O2/c1-11(14(18)16-9-4-10-17(2)3)19-13-7-5-12(15)6-8-13/h5-8,11H,4,9-10H2,1-3H3,(H,16,18)/t11-/m1/s1. The minimum absolute atomic E-state index is 0.164. The van der Waals surface area contributed by atoms with E-state index in [9.17, 15) is 9.18 Å². The molecule has 1 aromatic carbocycles. The molecule has 1 atom stereocenters. The van der Waals surface area contributed by atoms with E-state index < -0.39 is 6.10 Å². The van der Waals surface area contributed by atoms with Gasteiger partial charge in [0.2, 0.25) is 0 Å². The Morgan fingerprint density at radius 1 is 1.37 bits per heavy atom. The molecule has 0 saturated heterocycles. The number of hydrogen-bond donors (Lipinski definition) is 1. The Morgan fingerprint density at radius 3 is 2.58 bits per heavy atom. The van der Waals surface area contributed by atoms with Crippen LogP contribution in [0.2, 0.25) is 0 Å². The molecule has 0 heterocycles. The summed E-state index contributed by atoms with van der Waals surface area (Å²) in [5.41, 5.74) is 0. The first-order chi connectivity index (χ1) is 8.99. The van der Waals surface area contributed by atoms with Gasteiger partial charge in [0.15, 0.2) is 6.10 Å². The Hall–Kier alpha value is -1.62. The molecule has 1 N–H and O–H groups in total. The lowest BCUT2D eigenvalue weighted by Gasteiger charge is -2.15. The van der Waals surface area contributed by atoms with Gasteiger partial charge in [-0.3, -0.25) is 4.79 Å². The number of hydrogen-bond acceptors (Lipinski definition) is 3. The number of halogens is 1. The Bertz CT molecular complexity index is 393. The molecule has 1 rings (SSSR count). The lowest BCUT2D eigenvalue weighted by atomic mass is 10.3. The van der Waals surface area contributed by atoms with Crippen molar-refractivity contribution in [2.24, 2.45) is 0 Å². The molecule has 19 heavy (non-hydrogen) atoms. The van der Waals surface area contributed by atoms with Crippen LogP contribution in [-0.4, -0.2) is 44.1 Å². The van der Waals surface area contributed by atoms with Gasteiger partial charge in [-0.15, -0.1) is 0 Å². The molecule has 1 amide bonds. The van der Waals surface area contributed by atoms with E-state index in [1.807, 2.05) is 14.1 Å². The third kappa shape index (κ3) is 6.20. The molecule has 0 fully saturated rings. The fourth-order valence-electron chi connectivity index (χ4n) is 1.52. The summed E-state index contributed by atoms with van der Waals surface area (Å²) in [7, 11) is 3.98. The first-order valence-corrected chi connectivity index (χ1v) is 6.33. The second-order valence-electron chi connectivity index (χ2n) is 4.66. The van der Waals surface area contributed by atoms with Gasteiger partial charge in [0.05, 0.1) is 0 Å². The number of nitrogens with one attached hydrogen (secondary N) is 1. The number of amides is 1. The minimum Gasteiger partial charge on any atom is -0.481 e. The number of carbonyl (C=O) groups is 1. The van der Waals surface area contributed by atoms with E-state index in [1.165, 1.54) is 24.3 Å². The number of rotatable bonds is 7. The van der Waals surface area contributed by atoms with Crippen molar-refractivity contribution in [3.8, 4) is 5.75 Å². The molecule has 106 valence electrons. The van der Waals surface area contributed by atoms with Crippen molar-refractivity contribution < 1.29 is 13.9 Å². The van der Waals surface area contributed by atoms with Gasteiger partial charge < -0.3 is 15.0 Å². The van der Waals surface area contributed by atoms with Crippen LogP contribution in [0.3, 0.4) is 0 Å². The van der Waals surface area contributed by atoms with E-state index in [4.69, 9.17) is 4.74 Å². The van der Waals surface area contributed by atoms with Crippen molar-refractivity contribution in [1.29, 1.82) is 0 Å². The van der Waals surface area contributed by atoms with Gasteiger partial charge in [-0.05, 0) is 58.3 Å². The van der Waals surface area contributed by atoms with Gasteiger partial charge in [0.1, 0.15) is 11.6 Å².